The molecule has 0 aromatic heterocycles. The quantitative estimate of drug-likeness (QED) is 0.322. The number of hydrogen-bond donors (Lipinski definition) is 2. The molecule has 232 valence electrons. The molecular weight excluding hydrogens is 460 g/mol. The van der Waals surface area contributed by atoms with Crippen LogP contribution in [0.3, 0.4) is 0 Å². The highest BCUT2D eigenvalue weighted by molar-refractivity contribution is 4.54. The zero-order chi connectivity index (χ0) is 25.5. The van der Waals surface area contributed by atoms with Gasteiger partial charge in [-0.3, -0.25) is 0 Å². The van der Waals surface area contributed by atoms with Crippen molar-refractivity contribution in [1.29, 1.82) is 0 Å². The fraction of sp³-hybridized carbons (Fsp3) is 1.00. The normalized spacial score (nSPS) is 22.7. The molecule has 3 aliphatic rings. The van der Waals surface area contributed by atoms with Gasteiger partial charge >= 0.3 is 0 Å². The van der Waals surface area contributed by atoms with E-state index in [9.17, 15) is 0 Å². The Balaban J connectivity index is 0. The molecule has 0 atom stereocenters. The highest BCUT2D eigenvalue weighted by Crippen LogP contribution is 2.18. The monoisotopic (exact) mass is 539 g/mol. The lowest BCUT2D eigenvalue weighted by Crippen LogP contribution is -1.85. The van der Waals surface area contributed by atoms with E-state index in [-0.39, 0.29) is 12.3 Å². The fourth-order valence-electron chi connectivity index (χ4n) is 6.36. The van der Waals surface area contributed by atoms with Gasteiger partial charge in [0.05, 0.1) is 0 Å². The molecule has 0 radical (unpaired) electrons. The van der Waals surface area contributed by atoms with Crippen LogP contribution < -0.4 is 12.3 Å². The molecule has 38 heavy (non-hydrogen) atoms. The van der Waals surface area contributed by atoms with E-state index in [0.29, 0.717) is 0 Å². The Morgan fingerprint density at radius 2 is 0.105 bits per heavy atom. The summed E-state index contributed by atoms with van der Waals surface area (Å²) in [4.78, 5) is 0. The van der Waals surface area contributed by atoms with Crippen molar-refractivity contribution in [2.75, 3.05) is 0 Å². The van der Waals surface area contributed by atoms with Gasteiger partial charge in [0.25, 0.3) is 0 Å². The topological polar surface area (TPSA) is 70.0 Å². The largest absolute Gasteiger partial charge is 0.344 e. The molecule has 3 rings (SSSR count). The van der Waals surface area contributed by atoms with Crippen LogP contribution in [0.15, 0.2) is 0 Å². The van der Waals surface area contributed by atoms with Gasteiger partial charge in [0.1, 0.15) is 0 Å². The fourth-order valence-corrected chi connectivity index (χ4v) is 6.36. The Kier molecular flexibility index (Phi) is 38.9. The lowest BCUT2D eigenvalue weighted by molar-refractivity contribution is 0.504. The minimum absolute atomic E-state index is 0. The Morgan fingerprint density at radius 3 is 0.132 bits per heavy atom. The molecule has 0 aromatic carbocycles. The zero-order valence-corrected chi connectivity index (χ0v) is 26.9. The number of hydrogen-bond acceptors (Lipinski definition) is 2. The molecule has 3 saturated carbocycles. The Labute approximate surface area is 243 Å². The van der Waals surface area contributed by atoms with Crippen molar-refractivity contribution >= 4 is 0 Å². The average molecular weight is 539 g/mol. The van der Waals surface area contributed by atoms with E-state index < -0.39 is 0 Å². The molecule has 2 heteroatoms. The van der Waals surface area contributed by atoms with E-state index >= 15 is 0 Å². The molecule has 0 heterocycles. The lowest BCUT2D eigenvalue weighted by atomic mass is 10.0. The first kappa shape index (κ1) is 40.1. The van der Waals surface area contributed by atoms with E-state index in [0.717, 1.165) is 0 Å². The van der Waals surface area contributed by atoms with Gasteiger partial charge in [-0.15, -0.1) is 0 Å². The third-order valence-corrected chi connectivity index (χ3v) is 9.00. The molecular formula is C36H78N2. The van der Waals surface area contributed by atoms with Crippen molar-refractivity contribution in [3.05, 3.63) is 0 Å². The molecule has 0 spiro atoms. The van der Waals surface area contributed by atoms with Gasteiger partial charge < -0.3 is 12.3 Å². The van der Waals surface area contributed by atoms with E-state index in [1.165, 1.54) is 231 Å². The predicted octanol–water partition coefficient (Wildman–Crippen LogP) is 14.4. The third kappa shape index (κ3) is 33.9. The first-order chi connectivity index (χ1) is 18.0. The van der Waals surface area contributed by atoms with E-state index in [1.54, 1.807) is 0 Å². The van der Waals surface area contributed by atoms with Crippen molar-refractivity contribution in [2.45, 2.75) is 231 Å². The summed E-state index contributed by atoms with van der Waals surface area (Å²) in [7, 11) is 0. The van der Waals surface area contributed by atoms with Crippen molar-refractivity contribution in [3.63, 3.8) is 0 Å². The molecule has 0 saturated heterocycles. The van der Waals surface area contributed by atoms with Crippen molar-refractivity contribution in [1.82, 2.24) is 12.3 Å². The van der Waals surface area contributed by atoms with E-state index in [2.05, 4.69) is 0 Å². The Hall–Kier alpha value is -0.0800. The summed E-state index contributed by atoms with van der Waals surface area (Å²) in [5.74, 6) is 0. The maximum atomic E-state index is 1.50. The standard InChI is InChI=1S/3C12H24.2H3N/c3*1-2-4-6-8-10-12-11-9-7-5-3-1;;/h3*1-12H2;2*1H3. The van der Waals surface area contributed by atoms with Gasteiger partial charge in [-0.1, -0.05) is 231 Å². The summed E-state index contributed by atoms with van der Waals surface area (Å²) in [6.45, 7) is 0. The Morgan fingerprint density at radius 1 is 0.0789 bits per heavy atom. The average Bonchev–Trinajstić information content (AvgIpc) is 2.86. The van der Waals surface area contributed by atoms with Crippen LogP contribution in [0.2, 0.25) is 0 Å². The van der Waals surface area contributed by atoms with Crippen LogP contribution in [0.1, 0.15) is 231 Å². The summed E-state index contributed by atoms with van der Waals surface area (Å²) in [5.41, 5.74) is 0. The summed E-state index contributed by atoms with van der Waals surface area (Å²) in [6.07, 6.45) is 54.0. The molecule has 0 bridgehead atoms. The van der Waals surface area contributed by atoms with Crippen LogP contribution in [0.25, 0.3) is 0 Å². The van der Waals surface area contributed by atoms with Crippen LogP contribution in [-0.4, -0.2) is 0 Å². The molecule has 0 aliphatic heterocycles. The second kappa shape index (κ2) is 36.9. The van der Waals surface area contributed by atoms with Gasteiger partial charge in [-0.2, -0.15) is 0 Å². The first-order valence-corrected chi connectivity index (χ1v) is 18.0. The second-order valence-electron chi connectivity index (χ2n) is 12.7. The smallest absolute Gasteiger partial charge is 0.0533 e. The van der Waals surface area contributed by atoms with Crippen LogP contribution >= 0.6 is 0 Å². The second-order valence-corrected chi connectivity index (χ2v) is 12.7. The van der Waals surface area contributed by atoms with Crippen molar-refractivity contribution in [3.8, 4) is 0 Å². The molecule has 2 nitrogen and oxygen atoms in total. The molecule has 3 fully saturated rings. The summed E-state index contributed by atoms with van der Waals surface area (Å²) < 4.78 is 0. The highest BCUT2D eigenvalue weighted by Gasteiger charge is 1.98. The van der Waals surface area contributed by atoms with E-state index in [4.69, 9.17) is 0 Å². The summed E-state index contributed by atoms with van der Waals surface area (Å²) in [6, 6.07) is 0. The minimum Gasteiger partial charge on any atom is -0.344 e. The highest BCUT2D eigenvalue weighted by atomic mass is 14.0. The van der Waals surface area contributed by atoms with Crippen molar-refractivity contribution < 1.29 is 0 Å². The van der Waals surface area contributed by atoms with Crippen LogP contribution in [0, 0.1) is 0 Å². The van der Waals surface area contributed by atoms with Crippen LogP contribution in [-0.2, 0) is 0 Å². The van der Waals surface area contributed by atoms with Gasteiger partial charge in [-0.25, -0.2) is 0 Å². The van der Waals surface area contributed by atoms with Gasteiger partial charge in [0.15, 0.2) is 0 Å². The number of rotatable bonds is 0. The maximum Gasteiger partial charge on any atom is -0.0533 e. The summed E-state index contributed by atoms with van der Waals surface area (Å²) in [5, 5.41) is 0. The molecule has 0 amide bonds. The minimum atomic E-state index is 0. The lowest BCUT2D eigenvalue weighted by Gasteiger charge is -2.05. The van der Waals surface area contributed by atoms with Gasteiger partial charge in [0, 0.05) is 0 Å². The zero-order valence-electron chi connectivity index (χ0n) is 26.9. The SMILES string of the molecule is C1CCCCCCCCCCC1.C1CCCCCCCCCCC1.C1CCCCCCCCCCC1.N.N. The maximum absolute atomic E-state index is 1.50. The van der Waals surface area contributed by atoms with E-state index in [1.807, 2.05) is 0 Å². The molecule has 0 aromatic rings. The predicted molar refractivity (Wildman–Crippen MR) is 176 cm³/mol. The van der Waals surface area contributed by atoms with Crippen LogP contribution in [0.4, 0.5) is 0 Å². The van der Waals surface area contributed by atoms with Crippen molar-refractivity contribution in [2.24, 2.45) is 0 Å². The van der Waals surface area contributed by atoms with Gasteiger partial charge in [-0.05, 0) is 0 Å². The van der Waals surface area contributed by atoms with Gasteiger partial charge in [0.2, 0.25) is 0 Å². The van der Waals surface area contributed by atoms with Crippen LogP contribution in [0.5, 0.6) is 0 Å². The summed E-state index contributed by atoms with van der Waals surface area (Å²) >= 11 is 0. The molecule has 6 N–H and O–H groups in total. The third-order valence-electron chi connectivity index (χ3n) is 9.00. The Bertz CT molecular complexity index is 197. The first-order valence-electron chi connectivity index (χ1n) is 18.0. The molecule has 0 unspecified atom stereocenters. The molecule has 3 aliphatic carbocycles.